The lowest BCUT2D eigenvalue weighted by molar-refractivity contribution is 0.234. The summed E-state index contributed by atoms with van der Waals surface area (Å²) in [6.45, 7) is 5.22. The van der Waals surface area contributed by atoms with Crippen molar-refractivity contribution in [1.82, 2.24) is 5.32 Å². The van der Waals surface area contributed by atoms with E-state index < -0.39 is 0 Å². The smallest absolute Gasteiger partial charge is 0.124 e. The average molecular weight is 276 g/mol. The maximum absolute atomic E-state index is 13.4. The van der Waals surface area contributed by atoms with Gasteiger partial charge in [-0.25, -0.2) is 4.39 Å². The standard InChI is InChI=1S/C16H21FN2O/c1-12(2)19-10-13-9-14(17)3-4-15(13)20-11-16(5-6-16)7-8-18/h3-4,9,12,19H,5-7,10-11H2,1-2H3. The van der Waals surface area contributed by atoms with Crippen LogP contribution in [0.2, 0.25) is 0 Å². The van der Waals surface area contributed by atoms with Gasteiger partial charge in [-0.05, 0) is 31.0 Å². The Morgan fingerprint density at radius 2 is 2.20 bits per heavy atom. The van der Waals surface area contributed by atoms with Crippen LogP contribution in [0.5, 0.6) is 5.75 Å². The molecule has 1 aromatic rings. The number of hydrogen-bond acceptors (Lipinski definition) is 3. The van der Waals surface area contributed by atoms with Crippen molar-refractivity contribution >= 4 is 0 Å². The van der Waals surface area contributed by atoms with Crippen LogP contribution in [0.4, 0.5) is 4.39 Å². The second-order valence-corrected chi connectivity index (χ2v) is 5.91. The molecule has 1 aliphatic rings. The van der Waals surface area contributed by atoms with Crippen LogP contribution in [0.15, 0.2) is 18.2 Å². The van der Waals surface area contributed by atoms with E-state index in [-0.39, 0.29) is 11.2 Å². The minimum Gasteiger partial charge on any atom is -0.493 e. The Balaban J connectivity index is 2.01. The highest BCUT2D eigenvalue weighted by Gasteiger charge is 2.43. The van der Waals surface area contributed by atoms with Gasteiger partial charge in [0.2, 0.25) is 0 Å². The van der Waals surface area contributed by atoms with E-state index in [0.29, 0.717) is 31.4 Å². The first kappa shape index (κ1) is 14.8. The van der Waals surface area contributed by atoms with Gasteiger partial charge in [-0.15, -0.1) is 0 Å². The van der Waals surface area contributed by atoms with Gasteiger partial charge < -0.3 is 10.1 Å². The molecule has 4 heteroatoms. The SMILES string of the molecule is CC(C)NCc1cc(F)ccc1OCC1(CC#N)CC1. The van der Waals surface area contributed by atoms with Gasteiger partial charge >= 0.3 is 0 Å². The van der Waals surface area contributed by atoms with Crippen LogP contribution in [-0.4, -0.2) is 12.6 Å². The van der Waals surface area contributed by atoms with Gasteiger partial charge in [-0.1, -0.05) is 13.8 Å². The molecule has 0 amide bonds. The molecule has 3 nitrogen and oxygen atoms in total. The summed E-state index contributed by atoms with van der Waals surface area (Å²) in [4.78, 5) is 0. The molecule has 0 atom stereocenters. The summed E-state index contributed by atoms with van der Waals surface area (Å²) in [5.41, 5.74) is 0.859. The zero-order valence-corrected chi connectivity index (χ0v) is 12.1. The molecule has 1 aromatic carbocycles. The minimum atomic E-state index is -0.254. The summed E-state index contributed by atoms with van der Waals surface area (Å²) in [5.74, 6) is 0.458. The molecule has 1 aliphatic carbocycles. The molecule has 0 aromatic heterocycles. The Morgan fingerprint density at radius 1 is 1.45 bits per heavy atom. The second-order valence-electron chi connectivity index (χ2n) is 5.91. The molecule has 0 aliphatic heterocycles. The number of rotatable bonds is 7. The first-order valence-electron chi connectivity index (χ1n) is 7.06. The Kier molecular flexibility index (Phi) is 4.61. The van der Waals surface area contributed by atoms with E-state index in [1.54, 1.807) is 6.07 Å². The van der Waals surface area contributed by atoms with Crippen LogP contribution < -0.4 is 10.1 Å². The molecule has 0 bridgehead atoms. The quantitative estimate of drug-likeness (QED) is 0.830. The van der Waals surface area contributed by atoms with Gasteiger partial charge in [0.15, 0.2) is 0 Å². The van der Waals surface area contributed by atoms with Gasteiger partial charge in [0.25, 0.3) is 0 Å². The van der Waals surface area contributed by atoms with Gasteiger partial charge in [-0.3, -0.25) is 0 Å². The average Bonchev–Trinajstić information content (AvgIpc) is 3.16. The third-order valence-electron chi connectivity index (χ3n) is 3.67. The van der Waals surface area contributed by atoms with Crippen LogP contribution >= 0.6 is 0 Å². The fraction of sp³-hybridized carbons (Fsp3) is 0.562. The highest BCUT2D eigenvalue weighted by Crippen LogP contribution is 2.48. The summed E-state index contributed by atoms with van der Waals surface area (Å²) < 4.78 is 19.2. The number of halogens is 1. The first-order valence-corrected chi connectivity index (χ1v) is 7.06. The molecular weight excluding hydrogens is 255 g/mol. The lowest BCUT2D eigenvalue weighted by Gasteiger charge is -2.17. The first-order chi connectivity index (χ1) is 9.54. The second kappa shape index (κ2) is 6.23. The van der Waals surface area contributed by atoms with Crippen LogP contribution in [0.25, 0.3) is 0 Å². The van der Waals surface area contributed by atoms with Gasteiger partial charge in [0.1, 0.15) is 11.6 Å². The largest absolute Gasteiger partial charge is 0.493 e. The molecular formula is C16H21FN2O. The monoisotopic (exact) mass is 276 g/mol. The van der Waals surface area contributed by atoms with E-state index in [2.05, 4.69) is 11.4 Å². The number of hydrogen-bond donors (Lipinski definition) is 1. The molecule has 1 fully saturated rings. The van der Waals surface area contributed by atoms with E-state index >= 15 is 0 Å². The number of benzene rings is 1. The van der Waals surface area contributed by atoms with E-state index in [4.69, 9.17) is 10.00 Å². The fourth-order valence-corrected chi connectivity index (χ4v) is 2.09. The van der Waals surface area contributed by atoms with Crippen molar-refractivity contribution in [1.29, 1.82) is 5.26 Å². The summed E-state index contributed by atoms with van der Waals surface area (Å²) >= 11 is 0. The van der Waals surface area contributed by atoms with Gasteiger partial charge in [0.05, 0.1) is 12.7 Å². The van der Waals surface area contributed by atoms with Crippen LogP contribution in [0.1, 0.15) is 38.7 Å². The molecule has 0 saturated heterocycles. The molecule has 2 rings (SSSR count). The number of nitrogens with zero attached hydrogens (tertiary/aromatic N) is 1. The Hall–Kier alpha value is -1.60. The Labute approximate surface area is 119 Å². The van der Waals surface area contributed by atoms with Crippen molar-refractivity contribution in [2.75, 3.05) is 6.61 Å². The summed E-state index contributed by atoms with van der Waals surface area (Å²) in [6.07, 6.45) is 2.62. The van der Waals surface area contributed by atoms with Crippen molar-refractivity contribution in [3.63, 3.8) is 0 Å². The third-order valence-corrected chi connectivity index (χ3v) is 3.67. The molecule has 0 unspecified atom stereocenters. The molecule has 0 radical (unpaired) electrons. The van der Waals surface area contributed by atoms with Crippen LogP contribution in [0, 0.1) is 22.6 Å². The summed E-state index contributed by atoms with van der Waals surface area (Å²) in [7, 11) is 0. The maximum Gasteiger partial charge on any atom is 0.124 e. The Bertz CT molecular complexity index is 504. The number of ether oxygens (including phenoxy) is 1. The third kappa shape index (κ3) is 3.94. The van der Waals surface area contributed by atoms with E-state index in [1.807, 2.05) is 13.8 Å². The topological polar surface area (TPSA) is 45.0 Å². The van der Waals surface area contributed by atoms with Crippen molar-refractivity contribution < 1.29 is 9.13 Å². The van der Waals surface area contributed by atoms with Crippen molar-refractivity contribution in [3.8, 4) is 11.8 Å². The van der Waals surface area contributed by atoms with Gasteiger partial charge in [0, 0.05) is 30.0 Å². The molecule has 108 valence electrons. The lowest BCUT2D eigenvalue weighted by atomic mass is 10.1. The molecule has 20 heavy (non-hydrogen) atoms. The van der Waals surface area contributed by atoms with E-state index in [9.17, 15) is 4.39 Å². The lowest BCUT2D eigenvalue weighted by Crippen LogP contribution is -2.22. The number of nitriles is 1. The predicted molar refractivity (Wildman–Crippen MR) is 75.8 cm³/mol. The van der Waals surface area contributed by atoms with Crippen LogP contribution in [0.3, 0.4) is 0 Å². The highest BCUT2D eigenvalue weighted by molar-refractivity contribution is 5.34. The van der Waals surface area contributed by atoms with E-state index in [1.165, 1.54) is 12.1 Å². The minimum absolute atomic E-state index is 0.0336. The predicted octanol–water partition coefficient (Wildman–Crippen LogP) is 3.40. The van der Waals surface area contributed by atoms with E-state index in [0.717, 1.165) is 18.4 Å². The highest BCUT2D eigenvalue weighted by atomic mass is 19.1. The molecule has 0 heterocycles. The molecule has 0 spiro atoms. The van der Waals surface area contributed by atoms with Crippen molar-refractivity contribution in [2.45, 2.75) is 45.7 Å². The molecule has 1 N–H and O–H groups in total. The van der Waals surface area contributed by atoms with Crippen molar-refractivity contribution in [3.05, 3.63) is 29.6 Å². The number of nitrogens with one attached hydrogen (secondary N) is 1. The summed E-state index contributed by atoms with van der Waals surface area (Å²) in [5, 5.41) is 12.1. The Morgan fingerprint density at radius 3 is 2.80 bits per heavy atom. The zero-order chi connectivity index (χ0) is 14.6. The molecule has 1 saturated carbocycles. The fourth-order valence-electron chi connectivity index (χ4n) is 2.09. The van der Waals surface area contributed by atoms with Crippen molar-refractivity contribution in [2.24, 2.45) is 5.41 Å². The van der Waals surface area contributed by atoms with Crippen LogP contribution in [-0.2, 0) is 6.54 Å². The maximum atomic E-state index is 13.4. The van der Waals surface area contributed by atoms with Gasteiger partial charge in [-0.2, -0.15) is 5.26 Å². The summed E-state index contributed by atoms with van der Waals surface area (Å²) in [6, 6.07) is 7.15. The zero-order valence-electron chi connectivity index (χ0n) is 12.1. The normalized spacial score (nSPS) is 15.9.